The summed E-state index contributed by atoms with van der Waals surface area (Å²) in [5.41, 5.74) is 0.211. The van der Waals surface area contributed by atoms with Gasteiger partial charge in [0.15, 0.2) is 0 Å². The smallest absolute Gasteiger partial charge is 0.405 e. The number of piperazine rings is 1. The van der Waals surface area contributed by atoms with E-state index in [1.807, 2.05) is 6.07 Å². The molecule has 1 saturated heterocycles. The fraction of sp³-hybridized carbons (Fsp3) is 0.350. The third kappa shape index (κ3) is 6.10. The number of carbonyl (C=O) groups is 1. The lowest BCUT2D eigenvalue weighted by Gasteiger charge is -2.34. The summed E-state index contributed by atoms with van der Waals surface area (Å²) in [4.78, 5) is 17.8. The quantitative estimate of drug-likeness (QED) is 0.674. The molecule has 1 fully saturated rings. The molecule has 1 aromatic carbocycles. The minimum absolute atomic E-state index is 0.209. The van der Waals surface area contributed by atoms with E-state index in [-0.39, 0.29) is 17.2 Å². The summed E-state index contributed by atoms with van der Waals surface area (Å²) < 4.78 is 41.4. The van der Waals surface area contributed by atoms with E-state index >= 15 is 0 Å². The molecule has 28 heavy (non-hydrogen) atoms. The van der Waals surface area contributed by atoms with Crippen molar-refractivity contribution in [2.45, 2.75) is 12.8 Å². The zero-order valence-corrected chi connectivity index (χ0v) is 16.0. The number of nitrogens with zero attached hydrogens (tertiary/aromatic N) is 2. The summed E-state index contributed by atoms with van der Waals surface area (Å²) in [5, 5.41) is 2.07. The average Bonchev–Trinajstić information content (AvgIpc) is 3.18. The number of ether oxygens (including phenoxy) is 1. The van der Waals surface area contributed by atoms with E-state index in [2.05, 4.69) is 21.1 Å². The second kappa shape index (κ2) is 9.25. The minimum atomic E-state index is -4.77. The maximum absolute atomic E-state index is 12.5. The zero-order valence-electron chi connectivity index (χ0n) is 15.2. The van der Waals surface area contributed by atoms with E-state index < -0.39 is 6.36 Å². The number of carbonyl (C=O) groups excluding carboxylic acids is 1. The monoisotopic (exact) mass is 410 g/mol. The Kier molecular flexibility index (Phi) is 6.74. The van der Waals surface area contributed by atoms with Crippen LogP contribution in [0.5, 0.6) is 5.75 Å². The molecule has 8 heteroatoms. The van der Waals surface area contributed by atoms with Gasteiger partial charge in [-0.2, -0.15) is 0 Å². The molecule has 2 aromatic rings. The molecule has 1 aromatic heterocycles. The van der Waals surface area contributed by atoms with Gasteiger partial charge in [0.2, 0.25) is 5.91 Å². The van der Waals surface area contributed by atoms with E-state index in [9.17, 15) is 18.0 Å². The van der Waals surface area contributed by atoms with Crippen LogP contribution in [0.15, 0.2) is 47.9 Å². The van der Waals surface area contributed by atoms with Crippen LogP contribution in [-0.4, -0.2) is 54.8 Å². The fourth-order valence-electron chi connectivity index (χ4n) is 3.02. The molecule has 0 saturated carbocycles. The van der Waals surface area contributed by atoms with E-state index in [4.69, 9.17) is 0 Å². The van der Waals surface area contributed by atoms with Gasteiger partial charge in [0.1, 0.15) is 5.75 Å². The van der Waals surface area contributed by atoms with Crippen molar-refractivity contribution in [3.05, 3.63) is 58.3 Å². The molecule has 0 aliphatic carbocycles. The van der Waals surface area contributed by atoms with Crippen LogP contribution in [0.2, 0.25) is 0 Å². The van der Waals surface area contributed by atoms with Crippen LogP contribution in [0.1, 0.15) is 10.4 Å². The molecule has 1 aliphatic heterocycles. The highest BCUT2D eigenvalue weighted by Crippen LogP contribution is 2.27. The summed E-state index contributed by atoms with van der Waals surface area (Å²) in [6.45, 7) is 3.75. The normalized spacial score (nSPS) is 15.9. The van der Waals surface area contributed by atoms with Crippen molar-refractivity contribution in [1.82, 2.24) is 9.80 Å². The number of halogens is 3. The number of hydrogen-bond acceptors (Lipinski definition) is 4. The Morgan fingerprint density at radius 1 is 1.11 bits per heavy atom. The molecule has 4 nitrogen and oxygen atoms in total. The van der Waals surface area contributed by atoms with Gasteiger partial charge in [-0.3, -0.25) is 9.69 Å². The second-order valence-electron chi connectivity index (χ2n) is 6.42. The Labute approximate surface area is 165 Å². The van der Waals surface area contributed by atoms with Crippen LogP contribution in [0, 0.1) is 0 Å². The van der Waals surface area contributed by atoms with Crippen molar-refractivity contribution in [2.75, 3.05) is 32.7 Å². The highest BCUT2D eigenvalue weighted by Gasteiger charge is 2.31. The van der Waals surface area contributed by atoms with Crippen LogP contribution in [0.25, 0.3) is 6.08 Å². The number of benzene rings is 1. The summed E-state index contributed by atoms with van der Waals surface area (Å²) in [6.07, 6.45) is -1.10. The lowest BCUT2D eigenvalue weighted by molar-refractivity contribution is -0.274. The molecule has 3 rings (SSSR count). The Morgan fingerprint density at radius 2 is 1.86 bits per heavy atom. The Bertz CT molecular complexity index is 798. The largest absolute Gasteiger partial charge is 0.573 e. The number of thiophene rings is 1. The third-order valence-corrected chi connectivity index (χ3v) is 5.42. The van der Waals surface area contributed by atoms with Crippen molar-refractivity contribution in [3.63, 3.8) is 0 Å². The average molecular weight is 410 g/mol. The van der Waals surface area contributed by atoms with Gasteiger partial charge in [-0.25, -0.2) is 0 Å². The first kappa shape index (κ1) is 20.4. The molecule has 0 spiro atoms. The summed E-state index contributed by atoms with van der Waals surface area (Å²) in [7, 11) is 0. The standard InChI is InChI=1S/C20H21F3N2O2S/c21-20(22,23)27-18-6-2-1-4-16(18)7-8-19(26)25-13-11-24(12-14-25)10-9-17-5-3-15-28-17/h1-8,15H,9-14H2/b8-7+. The molecule has 0 N–H and O–H groups in total. The first-order valence-corrected chi connectivity index (χ1v) is 9.85. The van der Waals surface area contributed by atoms with Crippen molar-refractivity contribution in [1.29, 1.82) is 0 Å². The molecule has 1 aliphatic rings. The number of rotatable bonds is 6. The molecule has 0 bridgehead atoms. The van der Waals surface area contributed by atoms with Crippen LogP contribution >= 0.6 is 11.3 Å². The molecular formula is C20H21F3N2O2S. The van der Waals surface area contributed by atoms with Gasteiger partial charge >= 0.3 is 6.36 Å². The second-order valence-corrected chi connectivity index (χ2v) is 7.45. The lowest BCUT2D eigenvalue weighted by Crippen LogP contribution is -2.48. The molecule has 2 heterocycles. The lowest BCUT2D eigenvalue weighted by atomic mass is 10.2. The van der Waals surface area contributed by atoms with Gasteiger partial charge in [0, 0.05) is 49.2 Å². The van der Waals surface area contributed by atoms with Crippen LogP contribution < -0.4 is 4.74 Å². The predicted octanol–water partition coefficient (Wildman–Crippen LogP) is 4.05. The first-order valence-electron chi connectivity index (χ1n) is 8.97. The fourth-order valence-corrected chi connectivity index (χ4v) is 3.72. The number of hydrogen-bond donors (Lipinski definition) is 0. The number of alkyl halides is 3. The highest BCUT2D eigenvalue weighted by atomic mass is 32.1. The van der Waals surface area contributed by atoms with E-state index in [0.717, 1.165) is 26.1 Å². The third-order valence-electron chi connectivity index (χ3n) is 4.49. The summed E-state index contributed by atoms with van der Waals surface area (Å²) in [6, 6.07) is 9.92. The van der Waals surface area contributed by atoms with Crippen molar-refractivity contribution in [3.8, 4) is 5.75 Å². The van der Waals surface area contributed by atoms with E-state index in [0.29, 0.717) is 13.1 Å². The van der Waals surface area contributed by atoms with Gasteiger partial charge in [-0.05, 0) is 30.0 Å². The Hall–Kier alpha value is -2.32. The molecule has 0 atom stereocenters. The Balaban J connectivity index is 1.50. The van der Waals surface area contributed by atoms with Gasteiger partial charge in [-0.15, -0.1) is 24.5 Å². The SMILES string of the molecule is O=C(/C=C/c1ccccc1OC(F)(F)F)N1CCN(CCc2cccs2)CC1. The summed E-state index contributed by atoms with van der Waals surface area (Å²) >= 11 is 1.74. The highest BCUT2D eigenvalue weighted by molar-refractivity contribution is 7.09. The maximum Gasteiger partial charge on any atom is 0.573 e. The predicted molar refractivity (Wildman–Crippen MR) is 103 cm³/mol. The molecule has 1 amide bonds. The van der Waals surface area contributed by atoms with Crippen LogP contribution in [0.4, 0.5) is 13.2 Å². The van der Waals surface area contributed by atoms with E-state index in [1.54, 1.807) is 22.3 Å². The number of para-hydroxylation sites is 1. The zero-order chi connectivity index (χ0) is 20.0. The Morgan fingerprint density at radius 3 is 2.54 bits per heavy atom. The van der Waals surface area contributed by atoms with Gasteiger partial charge in [0.05, 0.1) is 0 Å². The van der Waals surface area contributed by atoms with Gasteiger partial charge in [-0.1, -0.05) is 24.3 Å². The molecular weight excluding hydrogens is 389 g/mol. The van der Waals surface area contributed by atoms with Gasteiger partial charge < -0.3 is 9.64 Å². The molecule has 0 unspecified atom stereocenters. The minimum Gasteiger partial charge on any atom is -0.405 e. The van der Waals surface area contributed by atoms with Crippen molar-refractivity contribution in [2.24, 2.45) is 0 Å². The maximum atomic E-state index is 12.5. The van der Waals surface area contributed by atoms with Crippen molar-refractivity contribution < 1.29 is 22.7 Å². The summed E-state index contributed by atoms with van der Waals surface area (Å²) in [5.74, 6) is -0.530. The van der Waals surface area contributed by atoms with Crippen molar-refractivity contribution >= 4 is 23.3 Å². The van der Waals surface area contributed by atoms with Gasteiger partial charge in [0.25, 0.3) is 0 Å². The topological polar surface area (TPSA) is 32.8 Å². The van der Waals surface area contributed by atoms with Crippen LogP contribution in [-0.2, 0) is 11.2 Å². The first-order chi connectivity index (χ1) is 13.4. The van der Waals surface area contributed by atoms with E-state index in [1.165, 1.54) is 35.2 Å². The van der Waals surface area contributed by atoms with Crippen LogP contribution in [0.3, 0.4) is 0 Å². The molecule has 150 valence electrons. The number of amides is 1. The molecule has 0 radical (unpaired) electrons.